The first-order valence-corrected chi connectivity index (χ1v) is 7.78. The van der Waals surface area contributed by atoms with Crippen molar-refractivity contribution in [3.05, 3.63) is 20.3 Å². The summed E-state index contributed by atoms with van der Waals surface area (Å²) in [7, 11) is 1.89. The van der Waals surface area contributed by atoms with E-state index in [1.165, 1.54) is 11.3 Å². The van der Waals surface area contributed by atoms with E-state index < -0.39 is 0 Å². The number of thiophene rings is 1. The average molecular weight is 332 g/mol. The van der Waals surface area contributed by atoms with Crippen LogP contribution in [0.2, 0.25) is 0 Å². The lowest BCUT2D eigenvalue weighted by atomic mass is 10.00. The Morgan fingerprint density at radius 2 is 2.22 bits per heavy atom. The Morgan fingerprint density at radius 1 is 1.56 bits per heavy atom. The van der Waals surface area contributed by atoms with Crippen LogP contribution in [0.1, 0.15) is 28.1 Å². The van der Waals surface area contributed by atoms with Crippen LogP contribution in [-0.2, 0) is 4.74 Å². The van der Waals surface area contributed by atoms with Gasteiger partial charge < -0.3 is 9.64 Å². The van der Waals surface area contributed by atoms with Crippen LogP contribution in [0, 0.1) is 12.8 Å². The average Bonchev–Trinajstić information content (AvgIpc) is 2.70. The highest BCUT2D eigenvalue weighted by molar-refractivity contribution is 9.11. The zero-order valence-corrected chi connectivity index (χ0v) is 13.1. The van der Waals surface area contributed by atoms with Gasteiger partial charge in [-0.15, -0.1) is 11.3 Å². The van der Waals surface area contributed by atoms with Gasteiger partial charge in [-0.05, 0) is 53.2 Å². The number of nitrogens with zero attached hydrogens (tertiary/aromatic N) is 1. The summed E-state index contributed by atoms with van der Waals surface area (Å²) < 4.78 is 6.38. The maximum Gasteiger partial charge on any atom is 0.263 e. The molecule has 1 aliphatic heterocycles. The molecule has 0 radical (unpaired) electrons. The minimum atomic E-state index is 0.125. The molecule has 1 amide bonds. The molecule has 1 aromatic rings. The highest BCUT2D eigenvalue weighted by atomic mass is 79.9. The van der Waals surface area contributed by atoms with E-state index in [1.807, 2.05) is 24.9 Å². The summed E-state index contributed by atoms with van der Waals surface area (Å²) in [5.41, 5.74) is 1.13. The van der Waals surface area contributed by atoms with Crippen molar-refractivity contribution < 1.29 is 9.53 Å². The molecule has 3 nitrogen and oxygen atoms in total. The summed E-state index contributed by atoms with van der Waals surface area (Å²) in [6.45, 7) is 4.50. The zero-order chi connectivity index (χ0) is 13.1. The predicted molar refractivity (Wildman–Crippen MR) is 77.3 cm³/mol. The Balaban J connectivity index is 1.95. The molecule has 0 saturated carbocycles. The Hall–Kier alpha value is -0.390. The van der Waals surface area contributed by atoms with Gasteiger partial charge in [0, 0.05) is 26.8 Å². The van der Waals surface area contributed by atoms with E-state index in [0.717, 1.165) is 46.8 Å². The monoisotopic (exact) mass is 331 g/mol. The number of carbonyl (C=O) groups is 1. The largest absolute Gasteiger partial charge is 0.381 e. The molecule has 0 aromatic carbocycles. The third-order valence-electron chi connectivity index (χ3n) is 3.29. The second-order valence-electron chi connectivity index (χ2n) is 4.81. The van der Waals surface area contributed by atoms with Gasteiger partial charge in [-0.3, -0.25) is 4.79 Å². The van der Waals surface area contributed by atoms with Crippen LogP contribution in [0.3, 0.4) is 0 Å². The third-order valence-corrected chi connectivity index (χ3v) is 5.41. The molecule has 1 aliphatic rings. The smallest absolute Gasteiger partial charge is 0.263 e. The zero-order valence-electron chi connectivity index (χ0n) is 10.7. The van der Waals surface area contributed by atoms with Gasteiger partial charge in [-0.1, -0.05) is 0 Å². The van der Waals surface area contributed by atoms with Crippen molar-refractivity contribution in [2.75, 3.05) is 26.8 Å². The standard InChI is InChI=1S/C13H18BrNO2S/c1-9-7-11(18-12(9)14)13(16)15(2)8-10-3-5-17-6-4-10/h7,10H,3-6,8H2,1-2H3. The first-order chi connectivity index (χ1) is 8.58. The van der Waals surface area contributed by atoms with E-state index in [9.17, 15) is 4.79 Å². The molecule has 0 N–H and O–H groups in total. The van der Waals surface area contributed by atoms with Gasteiger partial charge in [-0.25, -0.2) is 0 Å². The summed E-state index contributed by atoms with van der Waals surface area (Å²) in [4.78, 5) is 14.9. The first-order valence-electron chi connectivity index (χ1n) is 6.17. The van der Waals surface area contributed by atoms with Crippen LogP contribution in [-0.4, -0.2) is 37.6 Å². The van der Waals surface area contributed by atoms with Gasteiger partial charge in [0.05, 0.1) is 8.66 Å². The second kappa shape index (κ2) is 6.17. The fourth-order valence-electron chi connectivity index (χ4n) is 2.15. The van der Waals surface area contributed by atoms with Crippen LogP contribution >= 0.6 is 27.3 Å². The fourth-order valence-corrected chi connectivity index (χ4v) is 3.68. The molecular formula is C13H18BrNO2S. The molecule has 2 rings (SSSR count). The first kappa shape index (κ1) is 14.0. The predicted octanol–water partition coefficient (Wildman–Crippen LogP) is 3.32. The van der Waals surface area contributed by atoms with E-state index in [4.69, 9.17) is 4.74 Å². The van der Waals surface area contributed by atoms with Crippen molar-refractivity contribution in [3.63, 3.8) is 0 Å². The number of ether oxygens (including phenoxy) is 1. The van der Waals surface area contributed by atoms with Crippen molar-refractivity contribution in [2.24, 2.45) is 5.92 Å². The number of aryl methyl sites for hydroxylation is 1. The van der Waals surface area contributed by atoms with Crippen molar-refractivity contribution in [1.82, 2.24) is 4.90 Å². The van der Waals surface area contributed by atoms with E-state index >= 15 is 0 Å². The summed E-state index contributed by atoms with van der Waals surface area (Å²) in [5.74, 6) is 0.706. The SMILES string of the molecule is Cc1cc(C(=O)N(C)CC2CCOCC2)sc1Br. The number of halogens is 1. The third kappa shape index (κ3) is 3.33. The molecule has 0 aliphatic carbocycles. The van der Waals surface area contributed by atoms with Crippen LogP contribution in [0.5, 0.6) is 0 Å². The van der Waals surface area contributed by atoms with Gasteiger partial charge in [0.25, 0.3) is 5.91 Å². The molecule has 1 fully saturated rings. The molecule has 0 atom stereocenters. The Kier molecular flexibility index (Phi) is 4.81. The van der Waals surface area contributed by atoms with Crippen LogP contribution < -0.4 is 0 Å². The lowest BCUT2D eigenvalue weighted by Crippen LogP contribution is -2.33. The van der Waals surface area contributed by atoms with Crippen LogP contribution in [0.25, 0.3) is 0 Å². The topological polar surface area (TPSA) is 29.5 Å². The molecule has 100 valence electrons. The Morgan fingerprint density at radius 3 is 2.78 bits per heavy atom. The normalized spacial score (nSPS) is 16.8. The lowest BCUT2D eigenvalue weighted by Gasteiger charge is -2.26. The highest BCUT2D eigenvalue weighted by Gasteiger charge is 2.20. The molecule has 1 saturated heterocycles. The van der Waals surface area contributed by atoms with Gasteiger partial charge in [0.15, 0.2) is 0 Å². The molecule has 5 heteroatoms. The molecule has 1 aromatic heterocycles. The molecule has 2 heterocycles. The molecule has 0 spiro atoms. The van der Waals surface area contributed by atoms with Gasteiger partial charge in [0.2, 0.25) is 0 Å². The van der Waals surface area contributed by atoms with Crippen molar-refractivity contribution in [1.29, 1.82) is 0 Å². The number of hydrogen-bond donors (Lipinski definition) is 0. The summed E-state index contributed by atoms with van der Waals surface area (Å²) in [5, 5.41) is 0. The second-order valence-corrected chi connectivity index (χ2v) is 7.18. The number of rotatable bonds is 3. The van der Waals surface area contributed by atoms with Gasteiger partial charge in [0.1, 0.15) is 0 Å². The van der Waals surface area contributed by atoms with E-state index in [2.05, 4.69) is 15.9 Å². The number of hydrogen-bond acceptors (Lipinski definition) is 3. The summed E-state index contributed by atoms with van der Waals surface area (Å²) in [6.07, 6.45) is 2.12. The Bertz CT molecular complexity index is 407. The lowest BCUT2D eigenvalue weighted by molar-refractivity contribution is 0.0499. The molecular weight excluding hydrogens is 314 g/mol. The maximum absolute atomic E-state index is 12.3. The van der Waals surface area contributed by atoms with Crippen LogP contribution in [0.15, 0.2) is 9.85 Å². The Labute approximate surface area is 120 Å². The quantitative estimate of drug-likeness (QED) is 0.850. The van der Waals surface area contributed by atoms with E-state index in [0.29, 0.717) is 5.92 Å². The number of amides is 1. The van der Waals surface area contributed by atoms with Crippen LogP contribution in [0.4, 0.5) is 0 Å². The maximum atomic E-state index is 12.3. The van der Waals surface area contributed by atoms with Gasteiger partial charge in [-0.2, -0.15) is 0 Å². The van der Waals surface area contributed by atoms with Crippen molar-refractivity contribution in [2.45, 2.75) is 19.8 Å². The van der Waals surface area contributed by atoms with Gasteiger partial charge >= 0.3 is 0 Å². The minimum absolute atomic E-state index is 0.125. The van der Waals surface area contributed by atoms with E-state index in [1.54, 1.807) is 0 Å². The molecule has 0 bridgehead atoms. The minimum Gasteiger partial charge on any atom is -0.381 e. The summed E-state index contributed by atoms with van der Waals surface area (Å²) >= 11 is 4.98. The highest BCUT2D eigenvalue weighted by Crippen LogP contribution is 2.28. The molecule has 18 heavy (non-hydrogen) atoms. The van der Waals surface area contributed by atoms with E-state index in [-0.39, 0.29) is 5.91 Å². The number of carbonyl (C=O) groups excluding carboxylic acids is 1. The summed E-state index contributed by atoms with van der Waals surface area (Å²) in [6, 6.07) is 1.96. The fraction of sp³-hybridized carbons (Fsp3) is 0.615. The van der Waals surface area contributed by atoms with Crippen molar-refractivity contribution >= 4 is 33.2 Å². The molecule has 0 unspecified atom stereocenters. The van der Waals surface area contributed by atoms with Crippen molar-refractivity contribution in [3.8, 4) is 0 Å².